The van der Waals surface area contributed by atoms with Crippen molar-refractivity contribution in [2.24, 2.45) is 0 Å². The first-order chi connectivity index (χ1) is 17.1. The number of methoxy groups -OCH3 is 2. The molecule has 2 fully saturated rings. The molecule has 0 aromatic heterocycles. The van der Waals surface area contributed by atoms with Crippen molar-refractivity contribution >= 4 is 22.7 Å². The smallest absolute Gasteiger partial charge is 0.329 e. The number of piperidine rings is 1. The van der Waals surface area contributed by atoms with Gasteiger partial charge in [0.25, 0.3) is 5.91 Å². The van der Waals surface area contributed by atoms with Gasteiger partial charge in [0.05, 0.1) is 13.7 Å². The summed E-state index contributed by atoms with van der Waals surface area (Å²) in [5.74, 6) is 0.569. The van der Waals surface area contributed by atoms with E-state index in [-0.39, 0.29) is 25.2 Å². The Kier molecular flexibility index (Phi) is 6.45. The van der Waals surface area contributed by atoms with Gasteiger partial charge in [0.2, 0.25) is 0 Å². The van der Waals surface area contributed by atoms with Gasteiger partial charge in [-0.1, -0.05) is 54.6 Å². The van der Waals surface area contributed by atoms with Crippen LogP contribution in [0.2, 0.25) is 0 Å². The second kappa shape index (κ2) is 9.68. The Morgan fingerprint density at radius 3 is 2.40 bits per heavy atom. The molecule has 5 rings (SSSR count). The number of carbonyl (C=O) groups excluding carboxylic acids is 2. The van der Waals surface area contributed by atoms with Crippen molar-refractivity contribution in [2.75, 3.05) is 34.0 Å². The zero-order chi connectivity index (χ0) is 24.4. The third-order valence-electron chi connectivity index (χ3n) is 7.31. The highest BCUT2D eigenvalue weighted by Gasteiger charge is 2.57. The van der Waals surface area contributed by atoms with Gasteiger partial charge in [-0.2, -0.15) is 0 Å². The number of fused-ring (bicyclic) bond motifs is 1. The van der Waals surface area contributed by atoms with E-state index < -0.39 is 5.54 Å². The Bertz CT molecular complexity index is 1230. The summed E-state index contributed by atoms with van der Waals surface area (Å²) in [7, 11) is 3.17. The predicted octanol–water partition coefficient (Wildman–Crippen LogP) is 4.25. The van der Waals surface area contributed by atoms with Crippen LogP contribution in [0.1, 0.15) is 24.0 Å². The zero-order valence-electron chi connectivity index (χ0n) is 20.3. The first-order valence-electron chi connectivity index (χ1n) is 12.0. The molecule has 3 amide bonds. The molecule has 3 aromatic rings. The SMILES string of the molecule is COCN1C(=O)N(Cc2cccc(OC)c2)C(=O)C12CCN(Cc1cccc3ccccc13)CC2. The van der Waals surface area contributed by atoms with Gasteiger partial charge >= 0.3 is 6.03 Å². The van der Waals surface area contributed by atoms with E-state index in [4.69, 9.17) is 9.47 Å². The largest absolute Gasteiger partial charge is 0.497 e. The van der Waals surface area contributed by atoms with Crippen LogP contribution in [-0.4, -0.2) is 66.2 Å². The molecule has 0 bridgehead atoms. The number of urea groups is 1. The van der Waals surface area contributed by atoms with Gasteiger partial charge in [-0.15, -0.1) is 0 Å². The molecule has 0 N–H and O–H groups in total. The molecule has 0 unspecified atom stereocenters. The highest BCUT2D eigenvalue weighted by Crippen LogP contribution is 2.38. The van der Waals surface area contributed by atoms with Crippen molar-refractivity contribution < 1.29 is 19.1 Å². The molecule has 2 aliphatic rings. The molecule has 7 nitrogen and oxygen atoms in total. The Morgan fingerprint density at radius 2 is 1.63 bits per heavy atom. The standard InChI is InChI=1S/C28H31N3O4/c1-34-20-31-27(33)30(18-21-7-5-11-24(17-21)35-2)26(32)28(31)13-15-29(16-14-28)19-23-10-6-9-22-8-3-4-12-25(22)23/h3-12,17H,13-16,18-20H2,1-2H3. The lowest BCUT2D eigenvalue weighted by atomic mass is 9.85. The summed E-state index contributed by atoms with van der Waals surface area (Å²) in [5, 5.41) is 2.49. The average Bonchev–Trinajstić information content (AvgIpc) is 3.07. The number of benzene rings is 3. The average molecular weight is 474 g/mol. The van der Waals surface area contributed by atoms with Gasteiger partial charge in [0.1, 0.15) is 18.0 Å². The molecular formula is C28H31N3O4. The Hall–Kier alpha value is -3.42. The van der Waals surface area contributed by atoms with Crippen molar-refractivity contribution in [3.05, 3.63) is 77.9 Å². The van der Waals surface area contributed by atoms with Crippen molar-refractivity contribution in [2.45, 2.75) is 31.5 Å². The molecule has 7 heteroatoms. The number of hydrogen-bond acceptors (Lipinski definition) is 5. The van der Waals surface area contributed by atoms with Gasteiger partial charge in [-0.05, 0) is 46.9 Å². The molecule has 2 aliphatic heterocycles. The van der Waals surface area contributed by atoms with Crippen LogP contribution in [-0.2, 0) is 22.6 Å². The molecule has 35 heavy (non-hydrogen) atoms. The topological polar surface area (TPSA) is 62.3 Å². The summed E-state index contributed by atoms with van der Waals surface area (Å²) < 4.78 is 10.7. The summed E-state index contributed by atoms with van der Waals surface area (Å²) in [6, 6.07) is 22.0. The highest BCUT2D eigenvalue weighted by molar-refractivity contribution is 6.07. The molecule has 0 aliphatic carbocycles. The summed E-state index contributed by atoms with van der Waals surface area (Å²) in [6.45, 7) is 2.60. The van der Waals surface area contributed by atoms with Gasteiger partial charge in [-0.25, -0.2) is 4.79 Å². The van der Waals surface area contributed by atoms with E-state index in [1.54, 1.807) is 19.1 Å². The maximum atomic E-state index is 13.7. The lowest BCUT2D eigenvalue weighted by Gasteiger charge is -2.42. The zero-order valence-corrected chi connectivity index (χ0v) is 20.3. The van der Waals surface area contributed by atoms with Crippen LogP contribution in [0.25, 0.3) is 10.8 Å². The van der Waals surface area contributed by atoms with Crippen LogP contribution < -0.4 is 4.74 Å². The Labute approximate surface area is 205 Å². The molecular weight excluding hydrogens is 442 g/mol. The third-order valence-corrected chi connectivity index (χ3v) is 7.31. The molecule has 0 radical (unpaired) electrons. The first kappa shape index (κ1) is 23.3. The number of likely N-dealkylation sites (tertiary alicyclic amines) is 1. The van der Waals surface area contributed by atoms with Crippen LogP contribution in [0.5, 0.6) is 5.75 Å². The van der Waals surface area contributed by atoms with E-state index in [0.29, 0.717) is 18.6 Å². The number of hydrogen-bond donors (Lipinski definition) is 0. The molecule has 0 atom stereocenters. The maximum absolute atomic E-state index is 13.7. The second-order valence-corrected chi connectivity index (χ2v) is 9.32. The normalized spacial score (nSPS) is 18.1. The molecule has 2 heterocycles. The number of imide groups is 1. The number of carbonyl (C=O) groups is 2. The monoisotopic (exact) mass is 473 g/mol. The molecule has 3 aromatic carbocycles. The van der Waals surface area contributed by atoms with E-state index in [1.807, 2.05) is 24.3 Å². The van der Waals surface area contributed by atoms with Crippen LogP contribution >= 0.6 is 0 Å². The number of ether oxygens (including phenoxy) is 2. The third kappa shape index (κ3) is 4.26. The number of rotatable bonds is 7. The quantitative estimate of drug-likeness (QED) is 0.480. The predicted molar refractivity (Wildman–Crippen MR) is 134 cm³/mol. The van der Waals surface area contributed by atoms with Gasteiger partial charge < -0.3 is 9.47 Å². The fraction of sp³-hybridized carbons (Fsp3) is 0.357. The molecule has 0 saturated carbocycles. The van der Waals surface area contributed by atoms with Gasteiger partial charge in [0.15, 0.2) is 0 Å². The highest BCUT2D eigenvalue weighted by atomic mass is 16.5. The van der Waals surface area contributed by atoms with Crippen molar-refractivity contribution in [3.63, 3.8) is 0 Å². The van der Waals surface area contributed by atoms with Crippen molar-refractivity contribution in [1.82, 2.24) is 14.7 Å². The van der Waals surface area contributed by atoms with Gasteiger partial charge in [0, 0.05) is 26.7 Å². The lowest BCUT2D eigenvalue weighted by Crippen LogP contribution is -2.56. The van der Waals surface area contributed by atoms with E-state index in [1.165, 1.54) is 21.2 Å². The number of nitrogens with zero attached hydrogens (tertiary/aromatic N) is 3. The molecule has 1 spiro atoms. The summed E-state index contributed by atoms with van der Waals surface area (Å²) in [4.78, 5) is 32.5. The fourth-order valence-electron chi connectivity index (χ4n) is 5.42. The molecule has 182 valence electrons. The Balaban J connectivity index is 1.34. The minimum atomic E-state index is -0.860. The first-order valence-corrected chi connectivity index (χ1v) is 12.0. The van der Waals surface area contributed by atoms with Crippen molar-refractivity contribution in [1.29, 1.82) is 0 Å². The summed E-state index contributed by atoms with van der Waals surface area (Å²) in [6.07, 6.45) is 1.17. The van der Waals surface area contributed by atoms with E-state index in [9.17, 15) is 9.59 Å². The van der Waals surface area contributed by atoms with E-state index in [0.717, 1.165) is 25.2 Å². The Morgan fingerprint density at radius 1 is 0.886 bits per heavy atom. The summed E-state index contributed by atoms with van der Waals surface area (Å²) in [5.41, 5.74) is 1.27. The van der Waals surface area contributed by atoms with Gasteiger partial charge in [-0.3, -0.25) is 19.5 Å². The van der Waals surface area contributed by atoms with Crippen LogP contribution in [0.3, 0.4) is 0 Å². The number of amides is 3. The van der Waals surface area contributed by atoms with E-state index in [2.05, 4.69) is 47.4 Å². The summed E-state index contributed by atoms with van der Waals surface area (Å²) >= 11 is 0. The minimum absolute atomic E-state index is 0.0997. The maximum Gasteiger partial charge on any atom is 0.329 e. The van der Waals surface area contributed by atoms with E-state index >= 15 is 0 Å². The fourth-order valence-corrected chi connectivity index (χ4v) is 5.42. The minimum Gasteiger partial charge on any atom is -0.497 e. The van der Waals surface area contributed by atoms with Crippen molar-refractivity contribution in [3.8, 4) is 5.75 Å². The van der Waals surface area contributed by atoms with Crippen LogP contribution in [0.15, 0.2) is 66.7 Å². The van der Waals surface area contributed by atoms with Crippen LogP contribution in [0.4, 0.5) is 4.79 Å². The van der Waals surface area contributed by atoms with Crippen LogP contribution in [0, 0.1) is 0 Å². The molecule has 2 saturated heterocycles. The lowest BCUT2D eigenvalue weighted by molar-refractivity contribution is -0.137. The second-order valence-electron chi connectivity index (χ2n) is 9.32.